The maximum absolute atomic E-state index is 6.16. The smallest absolute Gasteiger partial charge is 0.203 e. The number of fused-ring (bicyclic) bond motifs is 1. The average Bonchev–Trinajstić information content (AvgIpc) is 2.97. The van der Waals surface area contributed by atoms with Crippen molar-refractivity contribution < 1.29 is 0 Å². The highest BCUT2D eigenvalue weighted by Gasteiger charge is 2.21. The third-order valence-corrected chi connectivity index (χ3v) is 3.80. The Hall–Kier alpha value is -2.37. The Bertz CT molecular complexity index is 755. The van der Waals surface area contributed by atoms with Gasteiger partial charge in [-0.2, -0.15) is 5.10 Å². The van der Waals surface area contributed by atoms with Crippen LogP contribution < -0.4 is 5.73 Å². The van der Waals surface area contributed by atoms with Gasteiger partial charge in [-0.25, -0.2) is 4.98 Å². The van der Waals surface area contributed by atoms with Crippen LogP contribution in [0.25, 0.3) is 11.2 Å². The zero-order valence-electron chi connectivity index (χ0n) is 12.6. The van der Waals surface area contributed by atoms with Gasteiger partial charge in [0, 0.05) is 19.4 Å². The van der Waals surface area contributed by atoms with Crippen molar-refractivity contribution in [3.63, 3.8) is 0 Å². The number of aromatic nitrogens is 5. The predicted molar refractivity (Wildman–Crippen MR) is 83.0 cm³/mol. The second kappa shape index (κ2) is 5.20. The molecule has 0 bridgehead atoms. The van der Waals surface area contributed by atoms with Crippen LogP contribution in [0, 0.1) is 0 Å². The fourth-order valence-electron chi connectivity index (χ4n) is 2.78. The summed E-state index contributed by atoms with van der Waals surface area (Å²) >= 11 is 0. The van der Waals surface area contributed by atoms with Crippen molar-refractivity contribution in [2.75, 3.05) is 5.73 Å². The van der Waals surface area contributed by atoms with Gasteiger partial charge in [0.15, 0.2) is 5.65 Å². The quantitative estimate of drug-likeness (QED) is 0.797. The van der Waals surface area contributed by atoms with Gasteiger partial charge in [0.2, 0.25) is 5.95 Å². The number of aryl methyl sites for hydroxylation is 2. The van der Waals surface area contributed by atoms with Gasteiger partial charge in [-0.05, 0) is 25.0 Å². The molecule has 0 aromatic carbocycles. The Balaban J connectivity index is 2.16. The normalized spacial score (nSPS) is 12.9. The molecule has 1 unspecified atom stereocenters. The van der Waals surface area contributed by atoms with Crippen molar-refractivity contribution in [3.05, 3.63) is 35.8 Å². The maximum atomic E-state index is 6.16. The lowest BCUT2D eigenvalue weighted by Crippen LogP contribution is -2.12. The number of hydrogen-bond acceptors (Lipinski definition) is 4. The fourth-order valence-corrected chi connectivity index (χ4v) is 2.78. The van der Waals surface area contributed by atoms with E-state index >= 15 is 0 Å². The van der Waals surface area contributed by atoms with Crippen LogP contribution in [0.4, 0.5) is 5.95 Å². The minimum Gasteiger partial charge on any atom is -0.369 e. The molecule has 0 aliphatic carbocycles. The number of nitrogen functional groups attached to an aromatic ring is 1. The molecule has 0 fully saturated rings. The lowest BCUT2D eigenvalue weighted by Gasteiger charge is -2.15. The number of hydrogen-bond donors (Lipinski definition) is 1. The molecule has 2 N–H and O–H groups in total. The van der Waals surface area contributed by atoms with Crippen LogP contribution in [-0.2, 0) is 13.5 Å². The molecule has 0 saturated heterocycles. The van der Waals surface area contributed by atoms with Crippen LogP contribution in [-0.4, -0.2) is 24.3 Å². The second-order valence-electron chi connectivity index (χ2n) is 5.29. The second-order valence-corrected chi connectivity index (χ2v) is 5.29. The van der Waals surface area contributed by atoms with E-state index in [0.717, 1.165) is 35.3 Å². The molecule has 0 aliphatic rings. The first-order valence-corrected chi connectivity index (χ1v) is 7.22. The first-order valence-electron chi connectivity index (χ1n) is 7.22. The summed E-state index contributed by atoms with van der Waals surface area (Å²) in [6, 6.07) is 4.04. The maximum Gasteiger partial charge on any atom is 0.203 e. The predicted octanol–water partition coefficient (Wildman–Crippen LogP) is 2.31. The molecule has 6 nitrogen and oxygen atoms in total. The van der Waals surface area contributed by atoms with E-state index in [1.165, 1.54) is 0 Å². The summed E-state index contributed by atoms with van der Waals surface area (Å²) in [5, 5.41) is 4.58. The molecule has 3 aromatic heterocycles. The van der Waals surface area contributed by atoms with Crippen LogP contribution in [0.5, 0.6) is 0 Å². The summed E-state index contributed by atoms with van der Waals surface area (Å²) < 4.78 is 3.90. The lowest BCUT2D eigenvalue weighted by atomic mass is 10.1. The number of anilines is 1. The van der Waals surface area contributed by atoms with E-state index < -0.39 is 0 Å². The highest BCUT2D eigenvalue weighted by Crippen LogP contribution is 2.28. The van der Waals surface area contributed by atoms with E-state index in [2.05, 4.69) is 28.9 Å². The summed E-state index contributed by atoms with van der Waals surface area (Å²) in [6.45, 7) is 4.24. The summed E-state index contributed by atoms with van der Waals surface area (Å²) in [4.78, 5) is 8.72. The molecule has 110 valence electrons. The van der Waals surface area contributed by atoms with Crippen LogP contribution in [0.1, 0.15) is 37.6 Å². The molecule has 0 saturated carbocycles. The molecular formula is C15H20N6. The molecule has 0 amide bonds. The number of pyridine rings is 1. The lowest BCUT2D eigenvalue weighted by molar-refractivity contribution is 0.632. The topological polar surface area (TPSA) is 74.6 Å². The molecule has 6 heteroatoms. The number of nitrogens with zero attached hydrogens (tertiary/aromatic N) is 5. The molecule has 3 rings (SSSR count). The van der Waals surface area contributed by atoms with Gasteiger partial charge in [0.25, 0.3) is 0 Å². The summed E-state index contributed by atoms with van der Waals surface area (Å²) in [7, 11) is 1.94. The van der Waals surface area contributed by atoms with Crippen molar-refractivity contribution in [1.29, 1.82) is 0 Å². The standard InChI is InChI=1S/C15H20N6/c1-4-6-12-13-14(20(3)19-12)21(15(16)18-13)10(2)11-7-5-8-17-9-11/h5,7-10H,4,6H2,1-3H3,(H2,16,18). The Morgan fingerprint density at radius 3 is 2.86 bits per heavy atom. The van der Waals surface area contributed by atoms with Crippen LogP contribution in [0.2, 0.25) is 0 Å². The molecule has 21 heavy (non-hydrogen) atoms. The van der Waals surface area contributed by atoms with Crippen molar-refractivity contribution in [2.24, 2.45) is 7.05 Å². The summed E-state index contributed by atoms with van der Waals surface area (Å²) in [5.41, 5.74) is 10.1. The molecule has 0 aliphatic heterocycles. The largest absolute Gasteiger partial charge is 0.369 e. The molecule has 3 aromatic rings. The molecule has 1 atom stereocenters. The molecular weight excluding hydrogens is 264 g/mol. The van der Waals surface area contributed by atoms with E-state index in [0.29, 0.717) is 5.95 Å². The number of imidazole rings is 1. The van der Waals surface area contributed by atoms with E-state index in [-0.39, 0.29) is 6.04 Å². The van der Waals surface area contributed by atoms with Gasteiger partial charge >= 0.3 is 0 Å². The third-order valence-electron chi connectivity index (χ3n) is 3.80. The van der Waals surface area contributed by atoms with Gasteiger partial charge < -0.3 is 5.73 Å². The third kappa shape index (κ3) is 2.16. The van der Waals surface area contributed by atoms with Crippen LogP contribution in [0.3, 0.4) is 0 Å². The fraction of sp³-hybridized carbons (Fsp3) is 0.400. The van der Waals surface area contributed by atoms with Crippen molar-refractivity contribution in [1.82, 2.24) is 24.3 Å². The summed E-state index contributed by atoms with van der Waals surface area (Å²) in [6.07, 6.45) is 5.58. The van der Waals surface area contributed by atoms with E-state index in [9.17, 15) is 0 Å². The molecule has 3 heterocycles. The van der Waals surface area contributed by atoms with Gasteiger partial charge in [-0.3, -0.25) is 14.2 Å². The molecule has 0 spiro atoms. The Morgan fingerprint density at radius 2 is 2.19 bits per heavy atom. The van der Waals surface area contributed by atoms with Crippen LogP contribution >= 0.6 is 0 Å². The monoisotopic (exact) mass is 284 g/mol. The zero-order chi connectivity index (χ0) is 15.0. The summed E-state index contributed by atoms with van der Waals surface area (Å²) in [5.74, 6) is 0.520. The minimum absolute atomic E-state index is 0.0635. The van der Waals surface area contributed by atoms with Crippen molar-refractivity contribution in [3.8, 4) is 0 Å². The SMILES string of the molecule is CCCc1nn(C)c2c1nc(N)n2C(C)c1cccnc1. The van der Waals surface area contributed by atoms with Crippen LogP contribution in [0.15, 0.2) is 24.5 Å². The van der Waals surface area contributed by atoms with E-state index in [1.807, 2.05) is 34.6 Å². The van der Waals surface area contributed by atoms with E-state index in [4.69, 9.17) is 5.73 Å². The van der Waals surface area contributed by atoms with Crippen molar-refractivity contribution >= 4 is 17.1 Å². The molecule has 0 radical (unpaired) electrons. The van der Waals surface area contributed by atoms with Gasteiger partial charge in [0.05, 0.1) is 11.7 Å². The van der Waals surface area contributed by atoms with Crippen molar-refractivity contribution in [2.45, 2.75) is 32.7 Å². The first kappa shape index (κ1) is 13.6. The van der Waals surface area contributed by atoms with Gasteiger partial charge in [-0.1, -0.05) is 19.4 Å². The number of nitrogens with two attached hydrogens (primary N) is 1. The Kier molecular flexibility index (Phi) is 3.37. The first-order chi connectivity index (χ1) is 10.1. The van der Waals surface area contributed by atoms with Gasteiger partial charge in [-0.15, -0.1) is 0 Å². The average molecular weight is 284 g/mol. The van der Waals surface area contributed by atoms with Gasteiger partial charge in [0.1, 0.15) is 5.52 Å². The van der Waals surface area contributed by atoms with E-state index in [1.54, 1.807) is 6.20 Å². The number of rotatable bonds is 4. The minimum atomic E-state index is 0.0635. The zero-order valence-corrected chi connectivity index (χ0v) is 12.6. The Morgan fingerprint density at radius 1 is 1.38 bits per heavy atom. The Labute approximate surface area is 123 Å². The highest BCUT2D eigenvalue weighted by atomic mass is 15.4. The highest BCUT2D eigenvalue weighted by molar-refractivity contribution is 5.78.